The summed E-state index contributed by atoms with van der Waals surface area (Å²) < 4.78 is 5.45. The van der Waals surface area contributed by atoms with E-state index >= 15 is 0 Å². The van der Waals surface area contributed by atoms with E-state index in [4.69, 9.17) is 4.74 Å². The van der Waals surface area contributed by atoms with Gasteiger partial charge in [-0.15, -0.1) is 0 Å². The minimum absolute atomic E-state index is 0.463. The summed E-state index contributed by atoms with van der Waals surface area (Å²) in [5, 5.41) is 6.70. The van der Waals surface area contributed by atoms with E-state index in [1.165, 1.54) is 6.33 Å². The summed E-state index contributed by atoms with van der Waals surface area (Å²) in [6.07, 6.45) is 4.67. The van der Waals surface area contributed by atoms with Crippen LogP contribution in [0.25, 0.3) is 11.0 Å². The molecule has 0 atom stereocenters. The van der Waals surface area contributed by atoms with E-state index in [9.17, 15) is 0 Å². The van der Waals surface area contributed by atoms with Gasteiger partial charge in [0, 0.05) is 18.3 Å². The maximum absolute atomic E-state index is 5.45. The monoisotopic (exact) mass is 213 g/mol. The average Bonchev–Trinajstić information content (AvgIpc) is 2.77. The third kappa shape index (κ3) is 1.56. The molecule has 0 aliphatic heterocycles. The molecule has 6 heteroatoms. The molecule has 0 spiro atoms. The summed E-state index contributed by atoms with van der Waals surface area (Å²) in [6.45, 7) is 0. The van der Waals surface area contributed by atoms with Crippen LogP contribution < -0.4 is 4.74 Å². The number of fused-ring (bicyclic) bond motifs is 1. The first kappa shape index (κ1) is 8.78. The number of ether oxygens (including phenoxy) is 1. The Morgan fingerprint density at radius 1 is 1.12 bits per heavy atom. The third-order valence-electron chi connectivity index (χ3n) is 2.03. The van der Waals surface area contributed by atoms with Crippen molar-refractivity contribution in [3.63, 3.8) is 0 Å². The first-order valence-corrected chi connectivity index (χ1v) is 4.66. The van der Waals surface area contributed by atoms with Gasteiger partial charge >= 0.3 is 0 Å². The maximum Gasteiger partial charge on any atom is 0.224 e. The van der Waals surface area contributed by atoms with Crippen molar-refractivity contribution in [1.82, 2.24) is 25.1 Å². The molecule has 3 rings (SSSR count). The van der Waals surface area contributed by atoms with Gasteiger partial charge in [0.05, 0.1) is 11.7 Å². The zero-order valence-corrected chi connectivity index (χ0v) is 8.16. The van der Waals surface area contributed by atoms with Gasteiger partial charge in [-0.05, 0) is 6.07 Å². The van der Waals surface area contributed by atoms with Crippen molar-refractivity contribution in [2.45, 2.75) is 0 Å². The second-order valence-corrected chi connectivity index (χ2v) is 3.10. The lowest BCUT2D eigenvalue weighted by Crippen LogP contribution is -1.90. The SMILES string of the molecule is c1cc(Oc2ccc3[nH]ncc3n2)ncn1. The lowest BCUT2D eigenvalue weighted by molar-refractivity contribution is 0.445. The molecule has 0 amide bonds. The topological polar surface area (TPSA) is 76.6 Å². The van der Waals surface area contributed by atoms with Crippen LogP contribution in [0.15, 0.2) is 36.9 Å². The summed E-state index contributed by atoms with van der Waals surface area (Å²) in [5.74, 6) is 0.943. The van der Waals surface area contributed by atoms with Crippen LogP contribution in [0, 0.1) is 0 Å². The van der Waals surface area contributed by atoms with Gasteiger partial charge in [-0.2, -0.15) is 5.10 Å². The van der Waals surface area contributed by atoms with E-state index in [0.717, 1.165) is 11.0 Å². The Morgan fingerprint density at radius 2 is 2.12 bits per heavy atom. The molecule has 0 unspecified atom stereocenters. The van der Waals surface area contributed by atoms with Gasteiger partial charge in [-0.1, -0.05) is 0 Å². The van der Waals surface area contributed by atoms with E-state index in [2.05, 4.69) is 25.1 Å². The van der Waals surface area contributed by atoms with Crippen LogP contribution >= 0.6 is 0 Å². The van der Waals surface area contributed by atoms with Crippen LogP contribution in [0.1, 0.15) is 0 Å². The molecule has 0 fully saturated rings. The van der Waals surface area contributed by atoms with Crippen molar-refractivity contribution >= 4 is 11.0 Å². The van der Waals surface area contributed by atoms with Gasteiger partial charge in [0.2, 0.25) is 11.8 Å². The molecule has 78 valence electrons. The molecule has 0 saturated carbocycles. The molecule has 3 heterocycles. The van der Waals surface area contributed by atoms with Crippen LogP contribution in [0.3, 0.4) is 0 Å². The van der Waals surface area contributed by atoms with Gasteiger partial charge in [0.25, 0.3) is 0 Å². The number of pyridine rings is 1. The Labute approximate surface area is 90.3 Å². The summed E-state index contributed by atoms with van der Waals surface area (Å²) >= 11 is 0. The molecular formula is C10H7N5O. The van der Waals surface area contributed by atoms with Crippen molar-refractivity contribution < 1.29 is 4.74 Å². The molecule has 3 aromatic rings. The second-order valence-electron chi connectivity index (χ2n) is 3.10. The van der Waals surface area contributed by atoms with Crippen LogP contribution in [0.2, 0.25) is 0 Å². The van der Waals surface area contributed by atoms with Gasteiger partial charge < -0.3 is 4.74 Å². The standard InChI is InChI=1S/C10H7N5O/c1-2-10(14-8-5-13-15-7(1)8)16-9-3-4-11-6-12-9/h1-6H,(H,13,15). The number of H-pyrrole nitrogens is 1. The highest BCUT2D eigenvalue weighted by Crippen LogP contribution is 2.18. The molecule has 16 heavy (non-hydrogen) atoms. The maximum atomic E-state index is 5.45. The molecule has 0 aromatic carbocycles. The highest BCUT2D eigenvalue weighted by atomic mass is 16.5. The van der Waals surface area contributed by atoms with Gasteiger partial charge in [0.1, 0.15) is 11.8 Å². The van der Waals surface area contributed by atoms with E-state index in [1.807, 2.05) is 6.07 Å². The van der Waals surface area contributed by atoms with E-state index in [-0.39, 0.29) is 0 Å². The lowest BCUT2D eigenvalue weighted by Gasteiger charge is -2.01. The first-order chi connectivity index (χ1) is 7.92. The highest BCUT2D eigenvalue weighted by Gasteiger charge is 2.02. The van der Waals surface area contributed by atoms with Crippen LogP contribution in [-0.2, 0) is 0 Å². The highest BCUT2D eigenvalue weighted by molar-refractivity contribution is 5.73. The predicted molar refractivity (Wildman–Crippen MR) is 56.0 cm³/mol. The fourth-order valence-corrected chi connectivity index (χ4v) is 1.32. The molecule has 0 saturated heterocycles. The number of hydrogen-bond acceptors (Lipinski definition) is 5. The number of nitrogens with one attached hydrogen (secondary N) is 1. The smallest absolute Gasteiger partial charge is 0.224 e. The second kappa shape index (κ2) is 3.58. The van der Waals surface area contributed by atoms with Crippen LogP contribution in [0.4, 0.5) is 0 Å². The molecular weight excluding hydrogens is 206 g/mol. The lowest BCUT2D eigenvalue weighted by atomic mass is 10.4. The fourth-order valence-electron chi connectivity index (χ4n) is 1.32. The number of rotatable bonds is 2. The van der Waals surface area contributed by atoms with Gasteiger partial charge in [-0.3, -0.25) is 5.10 Å². The van der Waals surface area contributed by atoms with Gasteiger partial charge in [0.15, 0.2) is 0 Å². The number of hydrogen-bond donors (Lipinski definition) is 1. The van der Waals surface area contributed by atoms with E-state index < -0.39 is 0 Å². The number of aromatic amines is 1. The van der Waals surface area contributed by atoms with Crippen LogP contribution in [0.5, 0.6) is 11.8 Å². The number of aromatic nitrogens is 5. The molecule has 3 aromatic heterocycles. The Bertz CT molecular complexity index is 607. The molecule has 0 bridgehead atoms. The van der Waals surface area contributed by atoms with Crippen molar-refractivity contribution in [1.29, 1.82) is 0 Å². The van der Waals surface area contributed by atoms with Crippen LogP contribution in [-0.4, -0.2) is 25.1 Å². The minimum Gasteiger partial charge on any atom is -0.421 e. The normalized spacial score (nSPS) is 10.5. The molecule has 0 aliphatic carbocycles. The van der Waals surface area contributed by atoms with E-state index in [0.29, 0.717) is 11.8 Å². The minimum atomic E-state index is 0.463. The average molecular weight is 213 g/mol. The Kier molecular flexibility index (Phi) is 1.96. The van der Waals surface area contributed by atoms with E-state index in [1.54, 1.807) is 24.5 Å². The zero-order chi connectivity index (χ0) is 10.8. The Morgan fingerprint density at radius 3 is 3.00 bits per heavy atom. The summed E-state index contributed by atoms with van der Waals surface area (Å²) in [5.41, 5.74) is 1.63. The molecule has 6 nitrogen and oxygen atoms in total. The summed E-state index contributed by atoms with van der Waals surface area (Å²) in [4.78, 5) is 12.0. The quantitative estimate of drug-likeness (QED) is 0.698. The summed E-state index contributed by atoms with van der Waals surface area (Å²) in [7, 11) is 0. The molecule has 0 aliphatic rings. The van der Waals surface area contributed by atoms with Crippen molar-refractivity contribution in [2.24, 2.45) is 0 Å². The largest absolute Gasteiger partial charge is 0.421 e. The number of nitrogens with zero attached hydrogens (tertiary/aromatic N) is 4. The molecule has 1 N–H and O–H groups in total. The zero-order valence-electron chi connectivity index (χ0n) is 8.16. The first-order valence-electron chi connectivity index (χ1n) is 4.66. The Hall–Kier alpha value is -2.50. The molecule has 0 radical (unpaired) electrons. The summed E-state index contributed by atoms with van der Waals surface area (Å²) in [6, 6.07) is 5.27. The van der Waals surface area contributed by atoms with Crippen molar-refractivity contribution in [3.05, 3.63) is 36.9 Å². The van der Waals surface area contributed by atoms with Gasteiger partial charge in [-0.25, -0.2) is 15.0 Å². The van der Waals surface area contributed by atoms with Crippen molar-refractivity contribution in [3.8, 4) is 11.8 Å². The third-order valence-corrected chi connectivity index (χ3v) is 2.03. The fraction of sp³-hybridized carbons (Fsp3) is 0. The predicted octanol–water partition coefficient (Wildman–Crippen LogP) is 1.54. The van der Waals surface area contributed by atoms with Crippen molar-refractivity contribution in [2.75, 3.05) is 0 Å². The Balaban J connectivity index is 1.94.